The minimum atomic E-state index is -1.20. The second-order valence-electron chi connectivity index (χ2n) is 12.2. The molecule has 2 N–H and O–H groups in total. The summed E-state index contributed by atoms with van der Waals surface area (Å²) in [6, 6.07) is 4.82. The third kappa shape index (κ3) is 6.95. The predicted octanol–water partition coefficient (Wildman–Crippen LogP) is 6.56. The van der Waals surface area contributed by atoms with Gasteiger partial charge in [-0.15, -0.1) is 0 Å². The van der Waals surface area contributed by atoms with E-state index in [1.54, 1.807) is 12.5 Å². The summed E-state index contributed by atoms with van der Waals surface area (Å²) in [7, 11) is -1.20. The number of hydrogen-bond donors (Lipinski definition) is 2. The van der Waals surface area contributed by atoms with Crippen LogP contribution in [0.15, 0.2) is 41.3 Å². The number of carbonyl (C=O) groups excluding carboxylic acids is 1. The highest BCUT2D eigenvalue weighted by Crippen LogP contribution is 2.40. The van der Waals surface area contributed by atoms with E-state index < -0.39 is 19.8 Å². The maximum atomic E-state index is 12.5. The van der Waals surface area contributed by atoms with Crippen LogP contribution in [0, 0.1) is 0 Å². The van der Waals surface area contributed by atoms with Gasteiger partial charge in [-0.2, -0.15) is 0 Å². The molecule has 0 spiro atoms. The minimum Gasteiger partial charge on any atom is -0.464 e. The Kier molecular flexibility index (Phi) is 8.49. The average Bonchev–Trinajstić information content (AvgIpc) is 3.47. The van der Waals surface area contributed by atoms with Crippen molar-refractivity contribution in [1.82, 2.24) is 14.9 Å². The number of furan rings is 1. The van der Waals surface area contributed by atoms with Gasteiger partial charge in [0.1, 0.15) is 23.7 Å². The zero-order valence-electron chi connectivity index (χ0n) is 23.5. The van der Waals surface area contributed by atoms with E-state index in [1.165, 1.54) is 0 Å². The van der Waals surface area contributed by atoms with E-state index in [1.807, 2.05) is 43.7 Å². The van der Waals surface area contributed by atoms with Crippen LogP contribution in [0.25, 0.3) is 27.9 Å². The van der Waals surface area contributed by atoms with E-state index >= 15 is 0 Å². The number of aromatic nitrogens is 2. The number of pyridine rings is 1. The van der Waals surface area contributed by atoms with Gasteiger partial charge in [0, 0.05) is 49.6 Å². The largest absolute Gasteiger partial charge is 0.464 e. The summed E-state index contributed by atoms with van der Waals surface area (Å²) in [6.45, 7) is 13.5. The molecule has 3 aromatic rings. The summed E-state index contributed by atoms with van der Waals surface area (Å²) in [6.07, 6.45) is 9.47. The molecule has 9 heteroatoms. The van der Waals surface area contributed by atoms with Gasteiger partial charge in [0.25, 0.3) is 0 Å². The van der Waals surface area contributed by atoms with E-state index in [9.17, 15) is 9.90 Å². The monoisotopic (exact) mass is 539 g/mol. The Morgan fingerprint density at radius 3 is 2.76 bits per heavy atom. The first-order valence-corrected chi connectivity index (χ1v) is 17.1. The lowest BCUT2D eigenvalue weighted by atomic mass is 9.86. The second kappa shape index (κ2) is 11.5. The molecule has 1 unspecified atom stereocenters. The van der Waals surface area contributed by atoms with Crippen LogP contribution in [-0.4, -0.2) is 47.1 Å². The molecule has 0 aliphatic heterocycles. The summed E-state index contributed by atoms with van der Waals surface area (Å²) < 4.78 is 19.4. The first-order chi connectivity index (χ1) is 17.9. The van der Waals surface area contributed by atoms with Crippen molar-refractivity contribution in [1.29, 1.82) is 0 Å². The molecule has 0 saturated carbocycles. The smallest absolute Gasteiger partial charge is 0.407 e. The number of allylic oxidation sites excluding steroid dienone is 1. The average molecular weight is 540 g/mol. The quantitative estimate of drug-likeness (QED) is 0.236. The number of amides is 1. The molecule has 8 nitrogen and oxygen atoms in total. The van der Waals surface area contributed by atoms with Crippen LogP contribution in [-0.2, 0) is 22.8 Å². The van der Waals surface area contributed by atoms with Gasteiger partial charge in [-0.1, -0.05) is 25.7 Å². The van der Waals surface area contributed by atoms with Crippen molar-refractivity contribution in [2.24, 2.45) is 0 Å². The lowest BCUT2D eigenvalue weighted by molar-refractivity contribution is 0.0502. The van der Waals surface area contributed by atoms with Crippen molar-refractivity contribution in [2.45, 2.75) is 90.7 Å². The number of aliphatic hydroxyl groups excluding tert-OH is 1. The Morgan fingerprint density at radius 1 is 1.32 bits per heavy atom. The molecule has 206 valence electrons. The Hall–Kier alpha value is -2.88. The number of alkyl carbamates (subject to hydrolysis) is 1. The lowest BCUT2D eigenvalue weighted by Gasteiger charge is -2.27. The Labute approximate surface area is 226 Å². The van der Waals surface area contributed by atoms with E-state index in [4.69, 9.17) is 18.9 Å². The summed E-state index contributed by atoms with van der Waals surface area (Å²) in [5, 5.41) is 14.3. The van der Waals surface area contributed by atoms with Crippen LogP contribution in [0.3, 0.4) is 0 Å². The highest BCUT2D eigenvalue weighted by Gasteiger charge is 2.27. The normalized spacial score (nSPS) is 16.5. The molecule has 0 radical (unpaired) electrons. The van der Waals surface area contributed by atoms with E-state index in [0.29, 0.717) is 19.8 Å². The number of rotatable bonds is 9. The molecule has 0 aromatic carbocycles. The van der Waals surface area contributed by atoms with E-state index in [2.05, 4.69) is 31.0 Å². The predicted molar refractivity (Wildman–Crippen MR) is 152 cm³/mol. The molecule has 1 amide bonds. The maximum Gasteiger partial charge on any atom is 0.407 e. The topological polar surface area (TPSA) is 98.8 Å². The van der Waals surface area contributed by atoms with Gasteiger partial charge in [-0.05, 0) is 69.3 Å². The highest BCUT2D eigenvalue weighted by molar-refractivity contribution is 6.76. The fourth-order valence-electron chi connectivity index (χ4n) is 4.75. The summed E-state index contributed by atoms with van der Waals surface area (Å²) in [5.41, 5.74) is 3.88. The van der Waals surface area contributed by atoms with E-state index in [-0.39, 0.29) is 12.6 Å². The summed E-state index contributed by atoms with van der Waals surface area (Å²) >= 11 is 0. The fraction of sp³-hybridized carbons (Fsp3) is 0.517. The van der Waals surface area contributed by atoms with Gasteiger partial charge in [0.15, 0.2) is 0 Å². The van der Waals surface area contributed by atoms with Gasteiger partial charge >= 0.3 is 6.09 Å². The Bertz CT molecular complexity index is 1280. The van der Waals surface area contributed by atoms with Gasteiger partial charge in [0.2, 0.25) is 0 Å². The number of aliphatic hydroxyl groups is 1. The molecule has 1 aliphatic rings. The van der Waals surface area contributed by atoms with Crippen LogP contribution in [0.1, 0.15) is 51.2 Å². The molecule has 38 heavy (non-hydrogen) atoms. The van der Waals surface area contributed by atoms with Crippen LogP contribution in [0.2, 0.25) is 25.7 Å². The molecule has 1 atom stereocenters. The zero-order chi connectivity index (χ0) is 27.5. The van der Waals surface area contributed by atoms with Crippen molar-refractivity contribution < 1.29 is 23.8 Å². The zero-order valence-corrected chi connectivity index (χ0v) is 24.5. The number of ether oxygens (including phenoxy) is 2. The van der Waals surface area contributed by atoms with Crippen LogP contribution in [0.4, 0.5) is 4.79 Å². The van der Waals surface area contributed by atoms with Gasteiger partial charge < -0.3 is 28.9 Å². The van der Waals surface area contributed by atoms with Gasteiger partial charge in [-0.3, -0.25) is 0 Å². The number of nitrogens with zero attached hydrogens (tertiary/aromatic N) is 2. The number of fused-ring (bicyclic) bond motifs is 1. The SMILES string of the molecule is CC(C)(C)OC(=O)NC1CCC=C(c2c(CO)cnc3c2c(-c2ccco2)cn3COCC[Si](C)(C)C)C1. The van der Waals surface area contributed by atoms with Crippen molar-refractivity contribution in [2.75, 3.05) is 6.61 Å². The van der Waals surface area contributed by atoms with Crippen molar-refractivity contribution in [3.05, 3.63) is 48.0 Å². The molecule has 4 rings (SSSR count). The summed E-state index contributed by atoms with van der Waals surface area (Å²) in [4.78, 5) is 17.2. The van der Waals surface area contributed by atoms with Gasteiger partial charge in [-0.25, -0.2) is 9.78 Å². The Balaban J connectivity index is 1.70. The van der Waals surface area contributed by atoms with Crippen LogP contribution in [0.5, 0.6) is 0 Å². The highest BCUT2D eigenvalue weighted by atomic mass is 28.3. The lowest BCUT2D eigenvalue weighted by Crippen LogP contribution is -2.40. The molecule has 3 heterocycles. The van der Waals surface area contributed by atoms with Crippen LogP contribution < -0.4 is 5.32 Å². The third-order valence-corrected chi connectivity index (χ3v) is 8.27. The van der Waals surface area contributed by atoms with Crippen molar-refractivity contribution in [3.63, 3.8) is 0 Å². The molecule has 0 bridgehead atoms. The molecule has 0 saturated heterocycles. The van der Waals surface area contributed by atoms with Crippen LogP contribution >= 0.6 is 0 Å². The van der Waals surface area contributed by atoms with E-state index in [0.717, 1.165) is 57.9 Å². The number of hydrogen-bond acceptors (Lipinski definition) is 6. The maximum absolute atomic E-state index is 12.5. The van der Waals surface area contributed by atoms with Gasteiger partial charge in [0.05, 0.1) is 12.9 Å². The molecular formula is C29H41N3O5Si. The standard InChI is InChI=1S/C29H41N3O5Si/c1-29(2,3)37-28(34)31-22-10-7-9-20(15-22)25-21(18-33)16-30-27-26(25)23(24-11-8-12-36-24)17-32(27)19-35-13-14-38(4,5)6/h8-9,11-12,16-17,22,33H,7,10,13-15,18-19H2,1-6H3,(H,31,34). The molecular weight excluding hydrogens is 498 g/mol. The first kappa shape index (κ1) is 28.1. The molecule has 0 fully saturated rings. The van der Waals surface area contributed by atoms with Crippen molar-refractivity contribution >= 4 is 30.8 Å². The molecule has 1 aliphatic carbocycles. The molecule has 3 aromatic heterocycles. The number of nitrogens with one attached hydrogen (secondary N) is 1. The second-order valence-corrected chi connectivity index (χ2v) is 17.8. The third-order valence-electron chi connectivity index (χ3n) is 6.56. The first-order valence-electron chi connectivity index (χ1n) is 13.4. The fourth-order valence-corrected chi connectivity index (χ4v) is 5.51. The van der Waals surface area contributed by atoms with Crippen molar-refractivity contribution in [3.8, 4) is 11.3 Å². The summed E-state index contributed by atoms with van der Waals surface area (Å²) in [5.74, 6) is 0.730. The Morgan fingerprint density at radius 2 is 2.11 bits per heavy atom. The number of carbonyl (C=O) groups is 1. The minimum absolute atomic E-state index is 0.0707.